The van der Waals surface area contributed by atoms with Crippen LogP contribution in [0.4, 0.5) is 0 Å². The molecule has 0 heterocycles. The van der Waals surface area contributed by atoms with Crippen LogP contribution in [0.3, 0.4) is 0 Å². The smallest absolute Gasteiger partial charge is 0.319 e. The molecule has 1 unspecified atom stereocenters. The number of ether oxygens (including phenoxy) is 2. The third-order valence-electron chi connectivity index (χ3n) is 2.70. The summed E-state index contributed by atoms with van der Waals surface area (Å²) in [5.41, 5.74) is 0. The molecule has 0 saturated carbocycles. The normalized spacial score (nSPS) is 12.9. The van der Waals surface area contributed by atoms with Crippen LogP contribution in [-0.4, -0.2) is 45.0 Å². The first kappa shape index (κ1) is 18.1. The molecule has 0 spiro atoms. The minimum atomic E-state index is -3.95. The second-order valence-corrected chi connectivity index (χ2v) is 7.75. The summed E-state index contributed by atoms with van der Waals surface area (Å²) >= 11 is 0. The van der Waals surface area contributed by atoms with Crippen LogP contribution in [-0.2, 0) is 9.15 Å². The Kier molecular flexibility index (Phi) is 7.87. The van der Waals surface area contributed by atoms with Crippen LogP contribution in [0, 0.1) is 0 Å². The van der Waals surface area contributed by atoms with Crippen molar-refractivity contribution in [3.8, 4) is 11.5 Å². The topological polar surface area (TPSA) is 84.9 Å². The van der Waals surface area contributed by atoms with Gasteiger partial charge in [-0.25, -0.2) is 0 Å². The highest BCUT2D eigenvalue weighted by atomic mass is 33.1. The first-order valence-electron chi connectivity index (χ1n) is 6.58. The van der Waals surface area contributed by atoms with E-state index >= 15 is 0 Å². The Hall–Kier alpha value is -0.960. The predicted octanol–water partition coefficient (Wildman–Crippen LogP) is 1.98. The number of methoxy groups -OCH3 is 1. The fraction of sp³-hybridized carbons (Fsp3) is 0.538. The minimum absolute atomic E-state index is 0.00544. The van der Waals surface area contributed by atoms with Crippen molar-refractivity contribution >= 4 is 19.9 Å². The van der Waals surface area contributed by atoms with E-state index in [9.17, 15) is 8.42 Å². The summed E-state index contributed by atoms with van der Waals surface area (Å²) in [6.07, 6.45) is 0.818. The number of nitrogens with one attached hydrogen (secondary N) is 1. The molecule has 0 aliphatic heterocycles. The summed E-state index contributed by atoms with van der Waals surface area (Å²) in [4.78, 5) is 0. The Morgan fingerprint density at radius 1 is 1.29 bits per heavy atom. The third-order valence-corrected chi connectivity index (χ3v) is 4.76. The van der Waals surface area contributed by atoms with E-state index in [0.29, 0.717) is 23.9 Å². The average Bonchev–Trinajstić information content (AvgIpc) is 2.45. The molecule has 6 nitrogen and oxygen atoms in total. The summed E-state index contributed by atoms with van der Waals surface area (Å²) in [5.74, 6) is 1.82. The van der Waals surface area contributed by atoms with Crippen molar-refractivity contribution in [1.29, 1.82) is 0 Å². The van der Waals surface area contributed by atoms with Gasteiger partial charge in [0.05, 0.1) is 7.11 Å². The molecule has 0 saturated heterocycles. The molecule has 0 aliphatic rings. The molecule has 1 aromatic rings. The van der Waals surface area contributed by atoms with Crippen LogP contribution < -0.4 is 14.8 Å². The Bertz CT molecular complexity index is 504. The molecule has 21 heavy (non-hydrogen) atoms. The van der Waals surface area contributed by atoms with Crippen molar-refractivity contribution in [3.05, 3.63) is 24.3 Å². The number of benzene rings is 1. The van der Waals surface area contributed by atoms with Crippen LogP contribution >= 0.6 is 10.8 Å². The standard InChI is InChI=1S/C13H21NO5S2/c1-3-11(10-14-8-9-20-21(15,16)17)19-13-6-4-12(18-2)5-7-13/h4-7,11,14H,3,8-10H2,1-2H3,(H,15,16,17). The fourth-order valence-electron chi connectivity index (χ4n) is 1.60. The average molecular weight is 335 g/mol. The highest BCUT2D eigenvalue weighted by Crippen LogP contribution is 2.18. The van der Waals surface area contributed by atoms with Crippen LogP contribution in [0.2, 0.25) is 0 Å². The molecule has 0 radical (unpaired) electrons. The van der Waals surface area contributed by atoms with Gasteiger partial charge in [-0.05, 0) is 41.5 Å². The van der Waals surface area contributed by atoms with E-state index < -0.39 is 9.15 Å². The van der Waals surface area contributed by atoms with E-state index in [1.807, 2.05) is 31.2 Å². The summed E-state index contributed by atoms with van der Waals surface area (Å²) in [5, 5.41) is 3.11. The van der Waals surface area contributed by atoms with E-state index in [1.54, 1.807) is 7.11 Å². The van der Waals surface area contributed by atoms with Gasteiger partial charge in [-0.2, -0.15) is 8.42 Å². The first-order chi connectivity index (χ1) is 9.94. The van der Waals surface area contributed by atoms with E-state index in [2.05, 4.69) is 5.32 Å². The highest BCUT2D eigenvalue weighted by Gasteiger charge is 2.09. The molecule has 1 atom stereocenters. The number of hydrogen-bond acceptors (Lipinski definition) is 6. The first-order valence-corrected chi connectivity index (χ1v) is 9.52. The molecule has 1 aromatic carbocycles. The van der Waals surface area contributed by atoms with Crippen molar-refractivity contribution in [2.45, 2.75) is 19.4 Å². The number of hydrogen-bond donors (Lipinski definition) is 2. The van der Waals surface area contributed by atoms with Crippen LogP contribution in [0.25, 0.3) is 0 Å². The van der Waals surface area contributed by atoms with Gasteiger partial charge in [-0.15, -0.1) is 0 Å². The molecular formula is C13H21NO5S2. The van der Waals surface area contributed by atoms with Gasteiger partial charge in [0.2, 0.25) is 0 Å². The highest BCUT2D eigenvalue weighted by molar-refractivity contribution is 8.69. The summed E-state index contributed by atoms with van der Waals surface area (Å²) in [6.45, 7) is 3.10. The molecule has 0 bridgehead atoms. The number of rotatable bonds is 10. The Labute approximate surface area is 129 Å². The van der Waals surface area contributed by atoms with Gasteiger partial charge in [0.25, 0.3) is 0 Å². The molecule has 0 aliphatic carbocycles. The lowest BCUT2D eigenvalue weighted by molar-refractivity contribution is 0.194. The molecule has 0 fully saturated rings. The lowest BCUT2D eigenvalue weighted by Crippen LogP contribution is -2.32. The van der Waals surface area contributed by atoms with Crippen molar-refractivity contribution < 1.29 is 22.4 Å². The maximum absolute atomic E-state index is 10.5. The Morgan fingerprint density at radius 2 is 1.90 bits per heavy atom. The largest absolute Gasteiger partial charge is 0.497 e. The maximum atomic E-state index is 10.5. The summed E-state index contributed by atoms with van der Waals surface area (Å²) < 4.78 is 40.5. The van der Waals surface area contributed by atoms with Crippen molar-refractivity contribution in [2.24, 2.45) is 0 Å². The Morgan fingerprint density at radius 3 is 2.43 bits per heavy atom. The van der Waals surface area contributed by atoms with E-state index in [-0.39, 0.29) is 11.9 Å². The SMILES string of the molecule is CCC(CNCCSS(=O)(=O)O)Oc1ccc(OC)cc1. The lowest BCUT2D eigenvalue weighted by atomic mass is 10.2. The molecule has 2 N–H and O–H groups in total. The zero-order valence-corrected chi connectivity index (χ0v) is 13.7. The van der Waals surface area contributed by atoms with Crippen molar-refractivity contribution in [1.82, 2.24) is 5.32 Å². The summed E-state index contributed by atoms with van der Waals surface area (Å²) in [7, 11) is -1.83. The van der Waals surface area contributed by atoms with Crippen LogP contribution in [0.15, 0.2) is 24.3 Å². The van der Waals surface area contributed by atoms with Crippen LogP contribution in [0.1, 0.15) is 13.3 Å². The zero-order chi connectivity index (χ0) is 15.7. The minimum Gasteiger partial charge on any atom is -0.497 e. The monoisotopic (exact) mass is 335 g/mol. The zero-order valence-electron chi connectivity index (χ0n) is 12.1. The lowest BCUT2D eigenvalue weighted by Gasteiger charge is -2.18. The molecular weight excluding hydrogens is 314 g/mol. The maximum Gasteiger partial charge on any atom is 0.319 e. The van der Waals surface area contributed by atoms with E-state index in [4.69, 9.17) is 14.0 Å². The summed E-state index contributed by atoms with van der Waals surface area (Å²) in [6, 6.07) is 7.35. The predicted molar refractivity (Wildman–Crippen MR) is 84.6 cm³/mol. The van der Waals surface area contributed by atoms with Gasteiger partial charge >= 0.3 is 9.15 Å². The van der Waals surface area contributed by atoms with Crippen molar-refractivity contribution in [3.63, 3.8) is 0 Å². The second-order valence-electron chi connectivity index (χ2n) is 4.28. The van der Waals surface area contributed by atoms with Gasteiger partial charge in [-0.3, -0.25) is 4.55 Å². The van der Waals surface area contributed by atoms with Gasteiger partial charge in [0.1, 0.15) is 17.6 Å². The van der Waals surface area contributed by atoms with Gasteiger partial charge < -0.3 is 14.8 Å². The molecule has 8 heteroatoms. The molecule has 120 valence electrons. The fourth-order valence-corrected chi connectivity index (χ4v) is 2.92. The second kappa shape index (κ2) is 9.14. The van der Waals surface area contributed by atoms with E-state index in [0.717, 1.165) is 17.9 Å². The third kappa shape index (κ3) is 8.15. The van der Waals surface area contributed by atoms with E-state index in [1.165, 1.54) is 0 Å². The van der Waals surface area contributed by atoms with Crippen LogP contribution in [0.5, 0.6) is 11.5 Å². The van der Waals surface area contributed by atoms with Gasteiger partial charge in [0.15, 0.2) is 0 Å². The Balaban J connectivity index is 2.30. The van der Waals surface area contributed by atoms with Crippen molar-refractivity contribution in [2.75, 3.05) is 26.0 Å². The van der Waals surface area contributed by atoms with Gasteiger partial charge in [-0.1, -0.05) is 6.92 Å². The molecule has 0 aromatic heterocycles. The molecule has 1 rings (SSSR count). The molecule has 0 amide bonds. The van der Waals surface area contributed by atoms with Gasteiger partial charge in [0, 0.05) is 18.8 Å². The quantitative estimate of drug-likeness (QED) is 0.384.